The van der Waals surface area contributed by atoms with Gasteiger partial charge in [0.05, 0.1) is 0 Å². The Kier molecular flexibility index (Phi) is 5.27. The maximum absolute atomic E-state index is 6.20. The Morgan fingerprint density at radius 3 is 2.33 bits per heavy atom. The van der Waals surface area contributed by atoms with Gasteiger partial charge < -0.3 is 10.2 Å². The SMILES string of the molecule is CCNCc1ccc(Cl)cc1N(C)c1cc(C)cc(C)c1. The Morgan fingerprint density at radius 1 is 1.05 bits per heavy atom. The van der Waals surface area contributed by atoms with Crippen molar-refractivity contribution in [3.8, 4) is 0 Å². The molecule has 0 heterocycles. The highest BCUT2D eigenvalue weighted by Crippen LogP contribution is 2.31. The van der Waals surface area contributed by atoms with Crippen LogP contribution in [0.4, 0.5) is 11.4 Å². The van der Waals surface area contributed by atoms with Gasteiger partial charge in [0, 0.05) is 30.0 Å². The third-order valence-electron chi connectivity index (χ3n) is 3.57. The van der Waals surface area contributed by atoms with Crippen LogP contribution < -0.4 is 10.2 Å². The molecule has 0 aromatic heterocycles. The van der Waals surface area contributed by atoms with Crippen LogP contribution in [0.25, 0.3) is 0 Å². The highest BCUT2D eigenvalue weighted by molar-refractivity contribution is 6.30. The molecule has 0 aliphatic heterocycles. The minimum atomic E-state index is 0.765. The molecule has 0 aliphatic carbocycles. The van der Waals surface area contributed by atoms with Crippen molar-refractivity contribution < 1.29 is 0 Å². The number of nitrogens with one attached hydrogen (secondary N) is 1. The van der Waals surface area contributed by atoms with E-state index in [9.17, 15) is 0 Å². The molecule has 0 fully saturated rings. The Bertz CT molecular complexity index is 602. The summed E-state index contributed by atoms with van der Waals surface area (Å²) in [6.07, 6.45) is 0. The third kappa shape index (κ3) is 3.99. The molecule has 3 heteroatoms. The maximum atomic E-state index is 6.20. The molecule has 2 rings (SSSR count). The van der Waals surface area contributed by atoms with E-state index >= 15 is 0 Å². The van der Waals surface area contributed by atoms with E-state index in [4.69, 9.17) is 11.6 Å². The van der Waals surface area contributed by atoms with E-state index in [2.05, 4.69) is 62.3 Å². The molecule has 112 valence electrons. The fourth-order valence-electron chi connectivity index (χ4n) is 2.54. The first-order chi connectivity index (χ1) is 10.0. The smallest absolute Gasteiger partial charge is 0.0468 e. The van der Waals surface area contributed by atoms with Crippen molar-refractivity contribution in [3.63, 3.8) is 0 Å². The number of hydrogen-bond donors (Lipinski definition) is 1. The first kappa shape index (κ1) is 15.9. The second-order valence-electron chi connectivity index (χ2n) is 5.46. The lowest BCUT2D eigenvalue weighted by Crippen LogP contribution is -2.17. The first-order valence-corrected chi connectivity index (χ1v) is 7.70. The maximum Gasteiger partial charge on any atom is 0.0468 e. The topological polar surface area (TPSA) is 15.3 Å². The van der Waals surface area contributed by atoms with Crippen molar-refractivity contribution in [2.75, 3.05) is 18.5 Å². The molecule has 0 amide bonds. The molecule has 1 N–H and O–H groups in total. The molecule has 0 atom stereocenters. The van der Waals surface area contributed by atoms with Gasteiger partial charge in [-0.1, -0.05) is 30.7 Å². The second-order valence-corrected chi connectivity index (χ2v) is 5.89. The molecule has 0 unspecified atom stereocenters. The fraction of sp³-hybridized carbons (Fsp3) is 0.333. The molecule has 2 aromatic rings. The van der Waals surface area contributed by atoms with Gasteiger partial charge in [0.15, 0.2) is 0 Å². The van der Waals surface area contributed by atoms with Crippen LogP contribution in [0, 0.1) is 13.8 Å². The molecular weight excluding hydrogens is 280 g/mol. The van der Waals surface area contributed by atoms with Crippen LogP contribution >= 0.6 is 11.6 Å². The molecule has 21 heavy (non-hydrogen) atoms. The van der Waals surface area contributed by atoms with E-state index in [0.717, 1.165) is 23.8 Å². The van der Waals surface area contributed by atoms with Crippen LogP contribution in [0.1, 0.15) is 23.6 Å². The third-order valence-corrected chi connectivity index (χ3v) is 3.80. The lowest BCUT2D eigenvalue weighted by atomic mass is 10.1. The summed E-state index contributed by atoms with van der Waals surface area (Å²) in [6.45, 7) is 8.17. The van der Waals surface area contributed by atoms with Gasteiger partial charge in [-0.15, -0.1) is 0 Å². The number of aryl methyl sites for hydroxylation is 2. The number of halogens is 1. The van der Waals surface area contributed by atoms with E-state index in [-0.39, 0.29) is 0 Å². The number of benzene rings is 2. The quantitative estimate of drug-likeness (QED) is 0.850. The molecule has 0 bridgehead atoms. The van der Waals surface area contributed by atoms with E-state index in [1.54, 1.807) is 0 Å². The highest BCUT2D eigenvalue weighted by atomic mass is 35.5. The summed E-state index contributed by atoms with van der Waals surface area (Å²) in [4.78, 5) is 2.21. The molecule has 0 spiro atoms. The van der Waals surface area contributed by atoms with Gasteiger partial charge in [0.2, 0.25) is 0 Å². The summed E-state index contributed by atoms with van der Waals surface area (Å²) in [5.41, 5.74) is 6.13. The largest absolute Gasteiger partial charge is 0.344 e. The standard InChI is InChI=1S/C18H23ClN2/c1-5-20-12-15-6-7-16(19)11-18(15)21(4)17-9-13(2)8-14(3)10-17/h6-11,20H,5,12H2,1-4H3. The summed E-state index contributed by atoms with van der Waals surface area (Å²) in [6, 6.07) is 12.7. The van der Waals surface area contributed by atoms with Crippen LogP contribution in [-0.4, -0.2) is 13.6 Å². The van der Waals surface area contributed by atoms with Gasteiger partial charge in [0.25, 0.3) is 0 Å². The zero-order chi connectivity index (χ0) is 15.4. The van der Waals surface area contributed by atoms with Crippen molar-refractivity contribution in [2.45, 2.75) is 27.3 Å². The van der Waals surface area contributed by atoms with Gasteiger partial charge in [0.1, 0.15) is 0 Å². The Hall–Kier alpha value is -1.51. The number of hydrogen-bond acceptors (Lipinski definition) is 2. The van der Waals surface area contributed by atoms with Crippen LogP contribution in [-0.2, 0) is 6.54 Å². The fourth-order valence-corrected chi connectivity index (χ4v) is 2.71. The van der Waals surface area contributed by atoms with Gasteiger partial charge in [-0.2, -0.15) is 0 Å². The van der Waals surface area contributed by atoms with Crippen LogP contribution in [0.2, 0.25) is 5.02 Å². The second kappa shape index (κ2) is 6.97. The predicted molar refractivity (Wildman–Crippen MR) is 92.8 cm³/mol. The molecule has 0 saturated carbocycles. The van der Waals surface area contributed by atoms with Gasteiger partial charge in [-0.25, -0.2) is 0 Å². The van der Waals surface area contributed by atoms with Crippen molar-refractivity contribution in [1.82, 2.24) is 5.32 Å². The summed E-state index contributed by atoms with van der Waals surface area (Å²) in [7, 11) is 2.09. The Morgan fingerprint density at radius 2 is 1.71 bits per heavy atom. The zero-order valence-electron chi connectivity index (χ0n) is 13.2. The van der Waals surface area contributed by atoms with Gasteiger partial charge >= 0.3 is 0 Å². The molecule has 2 nitrogen and oxygen atoms in total. The number of anilines is 2. The Balaban J connectivity index is 2.41. The number of nitrogens with zero attached hydrogens (tertiary/aromatic N) is 1. The van der Waals surface area contributed by atoms with E-state index in [1.165, 1.54) is 22.4 Å². The Labute approximate surface area is 132 Å². The summed E-state index contributed by atoms with van der Waals surface area (Å²) in [5.74, 6) is 0. The van der Waals surface area contributed by atoms with E-state index in [0.29, 0.717) is 0 Å². The van der Waals surface area contributed by atoms with Crippen molar-refractivity contribution in [1.29, 1.82) is 0 Å². The van der Waals surface area contributed by atoms with E-state index in [1.807, 2.05) is 12.1 Å². The lowest BCUT2D eigenvalue weighted by molar-refractivity contribution is 0.726. The van der Waals surface area contributed by atoms with Gasteiger partial charge in [-0.3, -0.25) is 0 Å². The average molecular weight is 303 g/mol. The molecule has 2 aromatic carbocycles. The lowest BCUT2D eigenvalue weighted by Gasteiger charge is -2.24. The first-order valence-electron chi connectivity index (χ1n) is 7.32. The predicted octanol–water partition coefficient (Wildman–Crippen LogP) is 4.83. The molecular formula is C18H23ClN2. The summed E-state index contributed by atoms with van der Waals surface area (Å²) >= 11 is 6.20. The van der Waals surface area contributed by atoms with Gasteiger partial charge in [-0.05, 0) is 61.3 Å². The summed E-state index contributed by atoms with van der Waals surface area (Å²) in [5, 5.41) is 4.15. The average Bonchev–Trinajstić information content (AvgIpc) is 2.44. The molecule has 0 saturated heterocycles. The van der Waals surface area contributed by atoms with Crippen LogP contribution in [0.3, 0.4) is 0 Å². The van der Waals surface area contributed by atoms with Crippen molar-refractivity contribution in [2.24, 2.45) is 0 Å². The van der Waals surface area contributed by atoms with E-state index < -0.39 is 0 Å². The minimum Gasteiger partial charge on any atom is -0.344 e. The van der Waals surface area contributed by atoms with Crippen molar-refractivity contribution >= 4 is 23.0 Å². The zero-order valence-corrected chi connectivity index (χ0v) is 14.0. The monoisotopic (exact) mass is 302 g/mol. The summed E-state index contributed by atoms with van der Waals surface area (Å²) < 4.78 is 0. The molecule has 0 aliphatic rings. The van der Waals surface area contributed by atoms with Crippen molar-refractivity contribution in [3.05, 3.63) is 58.1 Å². The number of rotatable bonds is 5. The van der Waals surface area contributed by atoms with Crippen LogP contribution in [0.5, 0.6) is 0 Å². The highest BCUT2D eigenvalue weighted by Gasteiger charge is 2.11. The normalized spacial score (nSPS) is 10.7. The minimum absolute atomic E-state index is 0.765. The van der Waals surface area contributed by atoms with Crippen LogP contribution in [0.15, 0.2) is 36.4 Å². The molecule has 0 radical (unpaired) electrons.